The first-order chi connectivity index (χ1) is 14.2. The highest BCUT2D eigenvalue weighted by molar-refractivity contribution is 6.00. The summed E-state index contributed by atoms with van der Waals surface area (Å²) in [4.78, 5) is 14.7. The summed E-state index contributed by atoms with van der Waals surface area (Å²) in [5, 5.41) is 5.76. The number of hydrogen-bond acceptors (Lipinski definition) is 3. The maximum atomic E-state index is 12.2. The molecule has 0 saturated carbocycles. The van der Waals surface area contributed by atoms with Gasteiger partial charge in [0, 0.05) is 37.4 Å². The maximum absolute atomic E-state index is 12.2. The van der Waals surface area contributed by atoms with Crippen LogP contribution in [0.2, 0.25) is 0 Å². The summed E-state index contributed by atoms with van der Waals surface area (Å²) < 4.78 is 9.85. The Morgan fingerprint density at radius 1 is 1.00 bits per heavy atom. The van der Waals surface area contributed by atoms with Gasteiger partial charge < -0.3 is 15.4 Å². The number of nitrogens with one attached hydrogen (secondary N) is 2. The summed E-state index contributed by atoms with van der Waals surface area (Å²) in [5.41, 5.74) is 5.18. The largest absolute Gasteiger partial charge is 0.379 e. The van der Waals surface area contributed by atoms with Crippen molar-refractivity contribution in [3.8, 4) is 11.5 Å². The van der Waals surface area contributed by atoms with E-state index in [9.17, 15) is 4.79 Å². The van der Waals surface area contributed by atoms with E-state index < -0.39 is 0 Å². The van der Waals surface area contributed by atoms with E-state index in [0.29, 0.717) is 0 Å². The van der Waals surface area contributed by atoms with Crippen LogP contribution >= 0.6 is 0 Å². The highest BCUT2D eigenvalue weighted by Crippen LogP contribution is 2.42. The SMILES string of the molecule is Cc1ccccc1NC(=O)Nc1ccc(-n2c3c(CCN4CCOCC4)n2-3)cc1. The summed E-state index contributed by atoms with van der Waals surface area (Å²) in [6.45, 7) is 6.86. The molecule has 1 saturated heterocycles. The minimum absolute atomic E-state index is 0.238. The fraction of sp³-hybridized carbons (Fsp3) is 0.318. The lowest BCUT2D eigenvalue weighted by atomic mass is 10.2. The Morgan fingerprint density at radius 2 is 1.72 bits per heavy atom. The second-order valence-corrected chi connectivity index (χ2v) is 7.54. The van der Waals surface area contributed by atoms with Crippen molar-refractivity contribution in [2.24, 2.45) is 0 Å². The molecule has 2 N–H and O–H groups in total. The summed E-state index contributed by atoms with van der Waals surface area (Å²) >= 11 is 0. The number of hydrogen-bond donors (Lipinski definition) is 2. The molecule has 3 aliphatic rings. The van der Waals surface area contributed by atoms with Gasteiger partial charge in [-0.05, 0) is 42.8 Å². The van der Waals surface area contributed by atoms with Gasteiger partial charge in [-0.2, -0.15) is 0 Å². The minimum Gasteiger partial charge on any atom is -0.379 e. The first-order valence-electron chi connectivity index (χ1n) is 10.1. The normalized spacial score (nSPS) is 15.3. The number of benzene rings is 2. The number of amides is 2. The van der Waals surface area contributed by atoms with E-state index in [1.165, 1.54) is 11.5 Å². The molecule has 3 heterocycles. The molecule has 0 atom stereocenters. The van der Waals surface area contributed by atoms with Crippen LogP contribution in [0.25, 0.3) is 11.5 Å². The first-order valence-corrected chi connectivity index (χ1v) is 10.1. The number of fused-ring (bicyclic) bond motifs is 1. The molecule has 1 fully saturated rings. The average Bonchev–Trinajstić information content (AvgIpc) is 3.64. The van der Waals surface area contributed by atoms with E-state index in [1.807, 2.05) is 55.5 Å². The molecule has 0 spiro atoms. The molecule has 0 aromatic heterocycles. The molecular weight excluding hydrogens is 366 g/mol. The molecule has 0 aliphatic carbocycles. The number of nitrogens with zero attached hydrogens (tertiary/aromatic N) is 3. The van der Waals surface area contributed by atoms with Gasteiger partial charge in [0.05, 0.1) is 24.6 Å². The van der Waals surface area contributed by atoms with E-state index in [1.54, 1.807) is 0 Å². The monoisotopic (exact) mass is 391 g/mol. The molecule has 150 valence electrons. The van der Waals surface area contributed by atoms with Crippen molar-refractivity contribution in [2.75, 3.05) is 43.5 Å². The maximum Gasteiger partial charge on any atom is 0.323 e. The topological polar surface area (TPSA) is 63.5 Å². The van der Waals surface area contributed by atoms with E-state index >= 15 is 0 Å². The van der Waals surface area contributed by atoms with Crippen LogP contribution < -0.4 is 10.6 Å². The summed E-state index contributed by atoms with van der Waals surface area (Å²) in [5.74, 6) is 1.33. The van der Waals surface area contributed by atoms with Gasteiger partial charge in [-0.25, -0.2) is 14.2 Å². The third-order valence-electron chi connectivity index (χ3n) is 5.56. The van der Waals surface area contributed by atoms with Crippen molar-refractivity contribution in [1.82, 2.24) is 14.3 Å². The van der Waals surface area contributed by atoms with Gasteiger partial charge in [0.2, 0.25) is 0 Å². The predicted octanol–water partition coefficient (Wildman–Crippen LogP) is 3.41. The van der Waals surface area contributed by atoms with Crippen LogP contribution in [0.1, 0.15) is 11.3 Å². The molecule has 7 nitrogen and oxygen atoms in total. The molecule has 0 bridgehead atoms. The molecule has 2 aromatic carbocycles. The van der Waals surface area contributed by atoms with Crippen LogP contribution in [0, 0.1) is 6.92 Å². The summed E-state index contributed by atoms with van der Waals surface area (Å²) in [7, 11) is 0. The molecule has 7 heteroatoms. The Labute approximate surface area is 169 Å². The Balaban J connectivity index is 1.13. The number of carbonyl (C=O) groups excluding carboxylic acids is 1. The Bertz CT molecular complexity index is 1010. The first kappa shape index (κ1) is 18.0. The molecule has 0 radical (unpaired) electrons. The molecule has 5 rings (SSSR count). The number of carbonyl (C=O) groups is 1. The van der Waals surface area contributed by atoms with Gasteiger partial charge in [-0.15, -0.1) is 0 Å². The molecule has 2 aromatic rings. The van der Waals surface area contributed by atoms with Gasteiger partial charge in [0.1, 0.15) is 0 Å². The zero-order chi connectivity index (χ0) is 19.8. The van der Waals surface area contributed by atoms with Crippen LogP contribution in [0.5, 0.6) is 0 Å². The van der Waals surface area contributed by atoms with Crippen LogP contribution in [0.15, 0.2) is 48.5 Å². The highest BCUT2D eigenvalue weighted by atomic mass is 16.5. The second-order valence-electron chi connectivity index (χ2n) is 7.54. The number of ether oxygens (including phenoxy) is 1. The van der Waals surface area contributed by atoms with Crippen molar-refractivity contribution in [3.05, 3.63) is 59.8 Å². The van der Waals surface area contributed by atoms with Crippen molar-refractivity contribution in [1.29, 1.82) is 0 Å². The molecular formula is C22H25N5O2. The lowest BCUT2D eigenvalue weighted by Gasteiger charge is -2.25. The fourth-order valence-electron chi connectivity index (χ4n) is 3.75. The minimum atomic E-state index is -0.238. The lowest BCUT2D eigenvalue weighted by molar-refractivity contribution is 0.0384. The van der Waals surface area contributed by atoms with Crippen molar-refractivity contribution in [3.63, 3.8) is 0 Å². The van der Waals surface area contributed by atoms with Gasteiger partial charge >= 0.3 is 6.03 Å². The molecule has 2 amide bonds. The van der Waals surface area contributed by atoms with Crippen molar-refractivity contribution < 1.29 is 9.53 Å². The number of rotatable bonds is 6. The predicted molar refractivity (Wildman–Crippen MR) is 113 cm³/mol. The zero-order valence-electron chi connectivity index (χ0n) is 16.5. The number of aryl methyl sites for hydroxylation is 1. The van der Waals surface area contributed by atoms with Crippen LogP contribution in [0.3, 0.4) is 0 Å². The molecule has 0 unspecified atom stereocenters. The summed E-state index contributed by atoms with van der Waals surface area (Å²) in [6.07, 6.45) is 1.10. The molecule has 3 aliphatic heterocycles. The van der Waals surface area contributed by atoms with Gasteiger partial charge in [-0.3, -0.25) is 4.90 Å². The van der Waals surface area contributed by atoms with Crippen molar-refractivity contribution in [2.45, 2.75) is 13.3 Å². The number of urea groups is 1. The number of aromatic nitrogens is 2. The zero-order valence-corrected chi connectivity index (χ0v) is 16.5. The Kier molecular flexibility index (Phi) is 4.61. The van der Waals surface area contributed by atoms with Gasteiger partial charge in [-0.1, -0.05) is 18.2 Å². The van der Waals surface area contributed by atoms with E-state index in [-0.39, 0.29) is 6.03 Å². The van der Waals surface area contributed by atoms with Gasteiger partial charge in [0.15, 0.2) is 5.82 Å². The van der Waals surface area contributed by atoms with E-state index in [4.69, 9.17) is 4.74 Å². The number of para-hydroxylation sites is 1. The summed E-state index contributed by atoms with van der Waals surface area (Å²) in [6, 6.07) is 15.4. The average molecular weight is 391 g/mol. The molecule has 29 heavy (non-hydrogen) atoms. The Hall–Kier alpha value is -3.03. The van der Waals surface area contributed by atoms with E-state index in [0.717, 1.165) is 61.9 Å². The van der Waals surface area contributed by atoms with Gasteiger partial charge in [0.25, 0.3) is 0 Å². The van der Waals surface area contributed by atoms with Crippen LogP contribution in [0.4, 0.5) is 16.2 Å². The van der Waals surface area contributed by atoms with Crippen LogP contribution in [-0.2, 0) is 11.2 Å². The van der Waals surface area contributed by atoms with E-state index in [2.05, 4.69) is 24.9 Å². The Morgan fingerprint density at radius 3 is 2.45 bits per heavy atom. The van der Waals surface area contributed by atoms with Crippen LogP contribution in [-0.4, -0.2) is 53.1 Å². The smallest absolute Gasteiger partial charge is 0.323 e. The fourth-order valence-corrected chi connectivity index (χ4v) is 3.75. The third-order valence-corrected chi connectivity index (χ3v) is 5.56. The number of morpholine rings is 1. The lowest BCUT2D eigenvalue weighted by Crippen LogP contribution is -2.37. The van der Waals surface area contributed by atoms with Crippen molar-refractivity contribution >= 4 is 17.4 Å². The number of anilines is 2. The second kappa shape index (κ2) is 7.42. The quantitative estimate of drug-likeness (QED) is 0.529. The third kappa shape index (κ3) is 3.79. The highest BCUT2D eigenvalue weighted by Gasteiger charge is 2.40. The standard InChI is InChI=1S/C22H25N5O2/c1-16-4-2-3-5-19(16)24-22(28)23-17-6-8-18(9-7-17)26-21-20(27(21)26)10-11-25-12-14-29-15-13-25/h2-9H,10-15H2,1H3,(H2,23,24,28).